The number of ether oxygens (including phenoxy) is 2. The number of rotatable bonds is 11. The minimum absolute atomic E-state index is 0.0195. The van der Waals surface area contributed by atoms with Crippen LogP contribution in [-0.4, -0.2) is 46.0 Å². The lowest BCUT2D eigenvalue weighted by Gasteiger charge is -2.09. The highest BCUT2D eigenvalue weighted by Crippen LogP contribution is 2.17. The van der Waals surface area contributed by atoms with E-state index in [1.807, 2.05) is 6.92 Å². The molecule has 0 saturated carbocycles. The summed E-state index contributed by atoms with van der Waals surface area (Å²) in [6.45, 7) is 3.66. The molecule has 0 aromatic heterocycles. The molecule has 2 rings (SSSR count). The van der Waals surface area contributed by atoms with Crippen molar-refractivity contribution >= 4 is 33.6 Å². The number of sulfonamides is 1. The van der Waals surface area contributed by atoms with E-state index in [4.69, 9.17) is 9.47 Å². The number of anilines is 1. The number of carbonyl (C=O) groups is 3. The maximum atomic E-state index is 12.5. The van der Waals surface area contributed by atoms with E-state index < -0.39 is 28.5 Å². The Hall–Kier alpha value is -3.40. The van der Waals surface area contributed by atoms with Crippen LogP contribution in [0.3, 0.4) is 0 Å². The quantitative estimate of drug-likeness (QED) is 0.388. The van der Waals surface area contributed by atoms with Gasteiger partial charge in [0.15, 0.2) is 6.61 Å². The topological polar surface area (TPSA) is 128 Å². The van der Waals surface area contributed by atoms with Gasteiger partial charge in [0.25, 0.3) is 15.9 Å². The van der Waals surface area contributed by atoms with E-state index in [1.165, 1.54) is 24.3 Å². The number of amides is 1. The molecule has 0 atom stereocenters. The van der Waals surface area contributed by atoms with Gasteiger partial charge >= 0.3 is 11.9 Å². The van der Waals surface area contributed by atoms with Crippen LogP contribution in [-0.2, 0) is 29.1 Å². The summed E-state index contributed by atoms with van der Waals surface area (Å²) in [5.41, 5.74) is 1.53. The van der Waals surface area contributed by atoms with Gasteiger partial charge in [0.1, 0.15) is 0 Å². The van der Waals surface area contributed by atoms with E-state index in [0.29, 0.717) is 18.7 Å². The van der Waals surface area contributed by atoms with Crippen LogP contribution in [0.25, 0.3) is 0 Å². The Kier molecular flexibility index (Phi) is 9.21. The monoisotopic (exact) mass is 462 g/mol. The zero-order chi connectivity index (χ0) is 23.6. The van der Waals surface area contributed by atoms with Gasteiger partial charge in [-0.25, -0.2) is 13.2 Å². The second kappa shape index (κ2) is 11.8. The first kappa shape index (κ1) is 24.9. The largest absolute Gasteiger partial charge is 0.466 e. The van der Waals surface area contributed by atoms with Gasteiger partial charge in [0, 0.05) is 18.7 Å². The molecule has 32 heavy (non-hydrogen) atoms. The molecule has 1 amide bonds. The van der Waals surface area contributed by atoms with Crippen LogP contribution in [0.1, 0.15) is 35.7 Å². The Balaban J connectivity index is 1.81. The number of esters is 2. The van der Waals surface area contributed by atoms with Crippen LogP contribution in [0.2, 0.25) is 0 Å². The van der Waals surface area contributed by atoms with Gasteiger partial charge in [-0.05, 0) is 56.7 Å². The summed E-state index contributed by atoms with van der Waals surface area (Å²) in [6.07, 6.45) is 0.590. The molecule has 0 bridgehead atoms. The fraction of sp³-hybridized carbons (Fsp3) is 0.318. The van der Waals surface area contributed by atoms with Gasteiger partial charge in [-0.3, -0.25) is 14.3 Å². The highest BCUT2D eigenvalue weighted by atomic mass is 32.2. The molecular weight excluding hydrogens is 436 g/mol. The van der Waals surface area contributed by atoms with Crippen molar-refractivity contribution < 1.29 is 32.3 Å². The lowest BCUT2D eigenvalue weighted by molar-refractivity contribution is -0.143. The SMILES string of the molecule is CCOC(=O)CCCNC(=O)COC(=O)c1ccc(S(=O)(=O)Nc2ccc(C)cc2)cc1. The molecule has 0 fully saturated rings. The van der Waals surface area contributed by atoms with Crippen molar-refractivity contribution in [3.05, 3.63) is 59.7 Å². The van der Waals surface area contributed by atoms with Crippen LogP contribution >= 0.6 is 0 Å². The minimum Gasteiger partial charge on any atom is -0.466 e. The maximum Gasteiger partial charge on any atom is 0.338 e. The fourth-order valence-corrected chi connectivity index (χ4v) is 3.62. The predicted molar refractivity (Wildman–Crippen MR) is 118 cm³/mol. The van der Waals surface area contributed by atoms with Crippen molar-refractivity contribution in [1.29, 1.82) is 0 Å². The first-order valence-electron chi connectivity index (χ1n) is 10.0. The van der Waals surface area contributed by atoms with Crippen LogP contribution in [0.15, 0.2) is 53.4 Å². The summed E-state index contributed by atoms with van der Waals surface area (Å²) >= 11 is 0. The van der Waals surface area contributed by atoms with Crippen molar-refractivity contribution in [1.82, 2.24) is 5.32 Å². The van der Waals surface area contributed by atoms with Crippen LogP contribution in [0, 0.1) is 6.92 Å². The van der Waals surface area contributed by atoms with E-state index in [0.717, 1.165) is 5.56 Å². The molecule has 0 heterocycles. The van der Waals surface area contributed by atoms with Crippen molar-refractivity contribution in [3.63, 3.8) is 0 Å². The molecule has 10 heteroatoms. The molecule has 0 unspecified atom stereocenters. The van der Waals surface area contributed by atoms with E-state index in [-0.39, 0.29) is 29.4 Å². The molecular formula is C22H26N2O7S. The van der Waals surface area contributed by atoms with Gasteiger partial charge in [0.2, 0.25) is 0 Å². The van der Waals surface area contributed by atoms with Gasteiger partial charge in [-0.15, -0.1) is 0 Å². The highest BCUT2D eigenvalue weighted by Gasteiger charge is 2.16. The van der Waals surface area contributed by atoms with Gasteiger partial charge in [0.05, 0.1) is 17.1 Å². The normalized spacial score (nSPS) is 10.8. The average Bonchev–Trinajstić information content (AvgIpc) is 2.77. The number of hydrogen-bond acceptors (Lipinski definition) is 7. The molecule has 0 saturated heterocycles. The zero-order valence-electron chi connectivity index (χ0n) is 17.9. The molecule has 2 aromatic rings. The first-order chi connectivity index (χ1) is 15.2. The van der Waals surface area contributed by atoms with Crippen molar-refractivity contribution in [2.24, 2.45) is 0 Å². The van der Waals surface area contributed by atoms with Gasteiger partial charge < -0.3 is 14.8 Å². The Morgan fingerprint density at radius 2 is 1.59 bits per heavy atom. The lowest BCUT2D eigenvalue weighted by Crippen LogP contribution is -2.30. The molecule has 2 aromatic carbocycles. The third-order valence-corrected chi connectivity index (χ3v) is 5.62. The van der Waals surface area contributed by atoms with Crippen LogP contribution in [0.5, 0.6) is 0 Å². The molecule has 172 valence electrons. The predicted octanol–water partition coefficient (Wildman–Crippen LogP) is 2.41. The van der Waals surface area contributed by atoms with E-state index in [1.54, 1.807) is 31.2 Å². The van der Waals surface area contributed by atoms with E-state index >= 15 is 0 Å². The smallest absolute Gasteiger partial charge is 0.338 e. The van der Waals surface area contributed by atoms with Crippen molar-refractivity contribution in [3.8, 4) is 0 Å². The minimum atomic E-state index is -3.82. The second-order valence-corrected chi connectivity index (χ2v) is 8.51. The first-order valence-corrected chi connectivity index (χ1v) is 11.5. The molecule has 9 nitrogen and oxygen atoms in total. The van der Waals surface area contributed by atoms with E-state index in [2.05, 4.69) is 10.0 Å². The summed E-state index contributed by atoms with van der Waals surface area (Å²) in [6, 6.07) is 12.1. The summed E-state index contributed by atoms with van der Waals surface area (Å²) in [7, 11) is -3.82. The van der Waals surface area contributed by atoms with Crippen LogP contribution in [0.4, 0.5) is 5.69 Å². The fourth-order valence-electron chi connectivity index (χ4n) is 2.56. The summed E-state index contributed by atoms with van der Waals surface area (Å²) in [4.78, 5) is 35.0. The average molecular weight is 463 g/mol. The standard InChI is InChI=1S/C22H26N2O7S/c1-3-30-21(26)5-4-14-23-20(25)15-31-22(27)17-8-12-19(13-9-17)32(28,29)24-18-10-6-16(2)7-11-18/h6-13,24H,3-5,14-15H2,1-2H3,(H,23,25). The Morgan fingerprint density at radius 3 is 2.22 bits per heavy atom. The highest BCUT2D eigenvalue weighted by molar-refractivity contribution is 7.92. The van der Waals surface area contributed by atoms with Gasteiger partial charge in [-0.1, -0.05) is 17.7 Å². The molecule has 0 spiro atoms. The maximum absolute atomic E-state index is 12.5. The number of aryl methyl sites for hydroxylation is 1. The zero-order valence-corrected chi connectivity index (χ0v) is 18.7. The molecule has 0 aliphatic rings. The number of nitrogens with one attached hydrogen (secondary N) is 2. The Labute approximate surface area is 187 Å². The lowest BCUT2D eigenvalue weighted by atomic mass is 10.2. The summed E-state index contributed by atoms with van der Waals surface area (Å²) in [5.74, 6) is -1.61. The third-order valence-electron chi connectivity index (χ3n) is 4.22. The van der Waals surface area contributed by atoms with Crippen LogP contribution < -0.4 is 10.0 Å². The molecule has 0 aliphatic heterocycles. The Bertz CT molecular complexity index is 1030. The number of hydrogen-bond donors (Lipinski definition) is 2. The van der Waals surface area contributed by atoms with E-state index in [9.17, 15) is 22.8 Å². The second-order valence-electron chi connectivity index (χ2n) is 6.83. The third kappa shape index (κ3) is 8.03. The molecule has 0 aliphatic carbocycles. The Morgan fingerprint density at radius 1 is 0.938 bits per heavy atom. The number of benzene rings is 2. The summed E-state index contributed by atoms with van der Waals surface area (Å²) < 4.78 is 37.1. The summed E-state index contributed by atoms with van der Waals surface area (Å²) in [5, 5.41) is 2.53. The van der Waals surface area contributed by atoms with Crippen molar-refractivity contribution in [2.45, 2.75) is 31.6 Å². The molecule has 2 N–H and O–H groups in total. The van der Waals surface area contributed by atoms with Gasteiger partial charge in [-0.2, -0.15) is 0 Å². The number of carbonyl (C=O) groups excluding carboxylic acids is 3. The van der Waals surface area contributed by atoms with Crippen molar-refractivity contribution in [2.75, 3.05) is 24.5 Å². The molecule has 0 radical (unpaired) electrons.